The van der Waals surface area contributed by atoms with Crippen LogP contribution in [-0.4, -0.2) is 52.2 Å². The van der Waals surface area contributed by atoms with E-state index < -0.39 is 42.4 Å². The highest BCUT2D eigenvalue weighted by molar-refractivity contribution is 5.89. The van der Waals surface area contributed by atoms with Gasteiger partial charge in [0.15, 0.2) is 0 Å². The maximum absolute atomic E-state index is 11.5. The minimum atomic E-state index is -1.56. The lowest BCUT2D eigenvalue weighted by atomic mass is 10.2. The third-order valence-electron chi connectivity index (χ3n) is 2.15. The fourth-order valence-corrected chi connectivity index (χ4v) is 1.25. The molecule has 0 aliphatic rings. The molecule has 20 heavy (non-hydrogen) atoms. The Hall–Kier alpha value is -2.32. The second-order valence-electron chi connectivity index (χ2n) is 4.49. The summed E-state index contributed by atoms with van der Waals surface area (Å²) in [6.07, 6.45) is -0.755. The molecular formula is C11H19N3O6. The quantitative estimate of drug-likeness (QED) is 0.412. The topological polar surface area (TPSA) is 145 Å². The molecule has 0 saturated carbocycles. The molecule has 0 bridgehead atoms. The largest absolute Gasteiger partial charge is 0.481 e. The maximum atomic E-state index is 11.5. The molecular weight excluding hydrogens is 270 g/mol. The van der Waals surface area contributed by atoms with Crippen LogP contribution in [0.2, 0.25) is 0 Å². The third kappa shape index (κ3) is 7.19. The molecule has 0 aliphatic heterocycles. The SMILES string of the molecule is CC(C)NC(=O)C(C)NC(=O)N[C@H](CC(=O)O)C(=O)O. The molecule has 114 valence electrons. The zero-order valence-electron chi connectivity index (χ0n) is 11.5. The lowest BCUT2D eigenvalue weighted by Crippen LogP contribution is -2.53. The second kappa shape index (κ2) is 7.97. The van der Waals surface area contributed by atoms with Crippen LogP contribution in [0, 0.1) is 0 Å². The van der Waals surface area contributed by atoms with E-state index in [-0.39, 0.29) is 6.04 Å². The molecule has 1 unspecified atom stereocenters. The molecule has 0 aromatic carbocycles. The Bertz CT molecular complexity index is 396. The van der Waals surface area contributed by atoms with Crippen LogP contribution in [0.15, 0.2) is 0 Å². The van der Waals surface area contributed by atoms with Gasteiger partial charge in [0.25, 0.3) is 0 Å². The number of carboxylic acids is 2. The van der Waals surface area contributed by atoms with Crippen LogP contribution in [0.4, 0.5) is 4.79 Å². The van der Waals surface area contributed by atoms with Crippen LogP contribution >= 0.6 is 0 Å². The van der Waals surface area contributed by atoms with Crippen molar-refractivity contribution in [2.45, 2.75) is 45.3 Å². The molecule has 0 aromatic rings. The zero-order valence-corrected chi connectivity index (χ0v) is 11.5. The van der Waals surface area contributed by atoms with Crippen molar-refractivity contribution < 1.29 is 29.4 Å². The van der Waals surface area contributed by atoms with Crippen molar-refractivity contribution in [1.82, 2.24) is 16.0 Å². The Labute approximate surface area is 115 Å². The Morgan fingerprint density at radius 3 is 1.90 bits per heavy atom. The number of hydrogen-bond acceptors (Lipinski definition) is 4. The standard InChI is InChI=1S/C11H19N3O6/c1-5(2)12-9(17)6(3)13-11(20)14-7(10(18)19)4-8(15)16/h5-7H,4H2,1-3H3,(H,12,17)(H,15,16)(H,18,19)(H2,13,14,20)/t6?,7-/m1/s1. The number of aliphatic carboxylic acids is 2. The van der Waals surface area contributed by atoms with Gasteiger partial charge < -0.3 is 26.2 Å². The summed E-state index contributed by atoms with van der Waals surface area (Å²) in [6, 6.07) is -3.47. The molecule has 5 N–H and O–H groups in total. The van der Waals surface area contributed by atoms with E-state index in [1.165, 1.54) is 6.92 Å². The van der Waals surface area contributed by atoms with Crippen LogP contribution in [0.25, 0.3) is 0 Å². The Kier molecular flexibility index (Phi) is 7.05. The molecule has 3 amide bonds. The van der Waals surface area contributed by atoms with Crippen LogP contribution in [0.3, 0.4) is 0 Å². The average Bonchev–Trinajstić information content (AvgIpc) is 2.25. The fraction of sp³-hybridized carbons (Fsp3) is 0.636. The molecule has 0 heterocycles. The molecule has 0 saturated heterocycles. The molecule has 9 nitrogen and oxygen atoms in total. The number of carbonyl (C=O) groups is 4. The van der Waals surface area contributed by atoms with Gasteiger partial charge in [-0.05, 0) is 20.8 Å². The van der Waals surface area contributed by atoms with E-state index in [0.717, 1.165) is 0 Å². The van der Waals surface area contributed by atoms with Gasteiger partial charge in [-0.1, -0.05) is 0 Å². The van der Waals surface area contributed by atoms with Crippen molar-refractivity contribution in [1.29, 1.82) is 0 Å². The van der Waals surface area contributed by atoms with E-state index in [9.17, 15) is 19.2 Å². The van der Waals surface area contributed by atoms with Gasteiger partial charge in [0.1, 0.15) is 12.1 Å². The van der Waals surface area contributed by atoms with Crippen molar-refractivity contribution in [3.05, 3.63) is 0 Å². The van der Waals surface area contributed by atoms with Crippen molar-refractivity contribution in [3.8, 4) is 0 Å². The van der Waals surface area contributed by atoms with E-state index in [1.807, 2.05) is 5.32 Å². The summed E-state index contributed by atoms with van der Waals surface area (Å²) in [7, 11) is 0. The Balaban J connectivity index is 4.42. The molecule has 0 spiro atoms. The number of carboxylic acid groups (broad SMARTS) is 2. The summed E-state index contributed by atoms with van der Waals surface area (Å²) in [5.41, 5.74) is 0. The first-order chi connectivity index (χ1) is 9.13. The lowest BCUT2D eigenvalue weighted by Gasteiger charge is -2.18. The summed E-state index contributed by atoms with van der Waals surface area (Å²) in [4.78, 5) is 44.2. The summed E-state index contributed by atoms with van der Waals surface area (Å²) >= 11 is 0. The maximum Gasteiger partial charge on any atom is 0.326 e. The monoisotopic (exact) mass is 289 g/mol. The van der Waals surface area contributed by atoms with E-state index >= 15 is 0 Å². The predicted octanol–water partition coefficient (Wildman–Crippen LogP) is -0.873. The van der Waals surface area contributed by atoms with Gasteiger partial charge >= 0.3 is 18.0 Å². The van der Waals surface area contributed by atoms with Crippen molar-refractivity contribution >= 4 is 23.9 Å². The minimum absolute atomic E-state index is 0.103. The summed E-state index contributed by atoms with van der Waals surface area (Å²) in [5, 5.41) is 24.0. The van der Waals surface area contributed by atoms with Gasteiger partial charge in [0.2, 0.25) is 5.91 Å². The fourth-order valence-electron chi connectivity index (χ4n) is 1.25. The number of urea groups is 1. The Morgan fingerprint density at radius 2 is 1.50 bits per heavy atom. The summed E-state index contributed by atoms with van der Waals surface area (Å²) in [6.45, 7) is 4.92. The minimum Gasteiger partial charge on any atom is -0.481 e. The van der Waals surface area contributed by atoms with Crippen molar-refractivity contribution in [3.63, 3.8) is 0 Å². The summed E-state index contributed by atoms with van der Waals surface area (Å²) < 4.78 is 0. The lowest BCUT2D eigenvalue weighted by molar-refractivity contribution is -0.145. The highest BCUT2D eigenvalue weighted by atomic mass is 16.4. The normalized spacial score (nSPS) is 13.2. The van der Waals surface area contributed by atoms with Crippen molar-refractivity contribution in [2.75, 3.05) is 0 Å². The average molecular weight is 289 g/mol. The second-order valence-corrected chi connectivity index (χ2v) is 4.49. The summed E-state index contributed by atoms with van der Waals surface area (Å²) in [5.74, 6) is -3.26. The third-order valence-corrected chi connectivity index (χ3v) is 2.15. The number of nitrogens with one attached hydrogen (secondary N) is 3. The number of amides is 3. The molecule has 9 heteroatoms. The van der Waals surface area contributed by atoms with Gasteiger partial charge in [-0.3, -0.25) is 9.59 Å². The molecule has 0 radical (unpaired) electrons. The van der Waals surface area contributed by atoms with Gasteiger partial charge in [-0.15, -0.1) is 0 Å². The van der Waals surface area contributed by atoms with Crippen LogP contribution in [0.1, 0.15) is 27.2 Å². The number of hydrogen-bond donors (Lipinski definition) is 5. The first-order valence-corrected chi connectivity index (χ1v) is 5.95. The van der Waals surface area contributed by atoms with E-state index in [1.54, 1.807) is 13.8 Å². The van der Waals surface area contributed by atoms with Gasteiger partial charge in [0.05, 0.1) is 6.42 Å². The van der Waals surface area contributed by atoms with E-state index in [4.69, 9.17) is 10.2 Å². The zero-order chi connectivity index (χ0) is 15.9. The highest BCUT2D eigenvalue weighted by Gasteiger charge is 2.24. The van der Waals surface area contributed by atoms with Gasteiger partial charge in [0, 0.05) is 6.04 Å². The molecule has 0 rings (SSSR count). The molecule has 0 aliphatic carbocycles. The van der Waals surface area contributed by atoms with E-state index in [0.29, 0.717) is 0 Å². The van der Waals surface area contributed by atoms with Crippen LogP contribution in [0.5, 0.6) is 0 Å². The Morgan fingerprint density at radius 1 is 0.950 bits per heavy atom. The number of carbonyl (C=O) groups excluding carboxylic acids is 2. The van der Waals surface area contributed by atoms with Crippen molar-refractivity contribution in [2.24, 2.45) is 0 Å². The first kappa shape index (κ1) is 17.7. The number of rotatable bonds is 7. The molecule has 0 fully saturated rings. The predicted molar refractivity (Wildman–Crippen MR) is 68.1 cm³/mol. The molecule has 2 atom stereocenters. The van der Waals surface area contributed by atoms with Gasteiger partial charge in [-0.25, -0.2) is 9.59 Å². The van der Waals surface area contributed by atoms with Crippen LogP contribution in [-0.2, 0) is 14.4 Å². The van der Waals surface area contributed by atoms with E-state index in [2.05, 4.69) is 10.6 Å². The smallest absolute Gasteiger partial charge is 0.326 e. The highest BCUT2D eigenvalue weighted by Crippen LogP contribution is 1.93. The van der Waals surface area contributed by atoms with Gasteiger partial charge in [-0.2, -0.15) is 0 Å². The molecule has 0 aromatic heterocycles. The van der Waals surface area contributed by atoms with Crippen LogP contribution < -0.4 is 16.0 Å². The first-order valence-electron chi connectivity index (χ1n) is 5.95.